The van der Waals surface area contributed by atoms with Gasteiger partial charge in [-0.25, -0.2) is 0 Å². The Morgan fingerprint density at radius 2 is 1.00 bits per heavy atom. The van der Waals surface area contributed by atoms with Crippen molar-refractivity contribution in [3.8, 4) is 0 Å². The molecule has 0 atom stereocenters. The van der Waals surface area contributed by atoms with Crippen molar-refractivity contribution < 1.29 is 22.8 Å². The summed E-state index contributed by atoms with van der Waals surface area (Å²) in [5, 5.41) is 0. The van der Waals surface area contributed by atoms with Gasteiger partial charge < -0.3 is 11.6 Å². The van der Waals surface area contributed by atoms with Crippen LogP contribution in [0, 0.1) is 0 Å². The molecule has 30 valence electrons. The molecule has 0 saturated heterocycles. The summed E-state index contributed by atoms with van der Waals surface area (Å²) >= 11 is 0. The van der Waals surface area contributed by atoms with Crippen molar-refractivity contribution >= 4 is 0 Å². The van der Waals surface area contributed by atoms with Crippen LogP contribution in [0.4, 0.5) is 0 Å². The fraction of sp³-hybridized carbons (Fsp3) is 1.00. The summed E-state index contributed by atoms with van der Waals surface area (Å²) in [5.74, 6) is 0. The van der Waals surface area contributed by atoms with Crippen LogP contribution in [0.15, 0.2) is 0 Å². The zero-order chi connectivity index (χ0) is 0. The van der Waals surface area contributed by atoms with Gasteiger partial charge in [-0.3, -0.25) is 0 Å². The molecule has 0 spiro atoms. The Labute approximate surface area is 37.2 Å². The maximum absolute atomic E-state index is 0. The van der Waals surface area contributed by atoms with E-state index >= 15 is 0 Å². The third-order valence-electron chi connectivity index (χ3n) is 0. The van der Waals surface area contributed by atoms with E-state index in [9.17, 15) is 0 Å². The molecule has 0 fully saturated rings. The molecule has 3 heteroatoms. The average molecular weight is 103 g/mol. The summed E-state index contributed by atoms with van der Waals surface area (Å²) in [6.07, 6.45) is 0. The van der Waals surface area contributed by atoms with Gasteiger partial charge in [-0.1, -0.05) is 7.43 Å². The first-order valence-corrected chi connectivity index (χ1v) is 0. The molecule has 0 aromatic heterocycles. The smallest absolute Gasteiger partial charge is 0 e. The van der Waals surface area contributed by atoms with Gasteiger partial charge >= 0.3 is 0 Å². The van der Waals surface area contributed by atoms with Gasteiger partial charge in [-0.2, -0.15) is 0 Å². The minimum atomic E-state index is 0. The normalized spacial score (nSPS) is 0. The SMILES string of the molecule is C.N.O.[Cr]. The quantitative estimate of drug-likeness (QED) is 0.459. The predicted molar refractivity (Wildman–Crippen MR) is 15.4 cm³/mol. The van der Waals surface area contributed by atoms with E-state index in [1.54, 1.807) is 0 Å². The summed E-state index contributed by atoms with van der Waals surface area (Å²) in [5.41, 5.74) is 0. The molecule has 0 rings (SSSR count). The van der Waals surface area contributed by atoms with E-state index in [2.05, 4.69) is 0 Å². The van der Waals surface area contributed by atoms with E-state index in [4.69, 9.17) is 0 Å². The van der Waals surface area contributed by atoms with Gasteiger partial charge in [-0.15, -0.1) is 0 Å². The molecule has 2 nitrogen and oxygen atoms in total. The van der Waals surface area contributed by atoms with Crippen molar-refractivity contribution in [1.29, 1.82) is 0 Å². The summed E-state index contributed by atoms with van der Waals surface area (Å²) in [6.45, 7) is 0. The average Bonchev–Trinajstić information content (AvgIpc) is 0. The van der Waals surface area contributed by atoms with Gasteiger partial charge in [0.1, 0.15) is 0 Å². The summed E-state index contributed by atoms with van der Waals surface area (Å²) in [4.78, 5) is 0. The topological polar surface area (TPSA) is 66.5 Å². The van der Waals surface area contributed by atoms with Gasteiger partial charge in [-0.05, 0) is 0 Å². The van der Waals surface area contributed by atoms with Crippen LogP contribution in [0.5, 0.6) is 0 Å². The van der Waals surface area contributed by atoms with Crippen molar-refractivity contribution in [2.24, 2.45) is 0 Å². The van der Waals surface area contributed by atoms with Gasteiger partial charge in [0.05, 0.1) is 0 Å². The molecule has 0 heterocycles. The molecular weight excluding hydrogens is 94.0 g/mol. The number of hydrogen-bond donors (Lipinski definition) is 1. The zero-order valence-electron chi connectivity index (χ0n) is 1.62. The largest absolute Gasteiger partial charge is 0.412 e. The molecule has 4 heavy (non-hydrogen) atoms. The maximum atomic E-state index is 0. The minimum absolute atomic E-state index is 0. The van der Waals surface area contributed by atoms with E-state index in [1.165, 1.54) is 0 Å². The second-order valence-electron chi connectivity index (χ2n) is 0. The van der Waals surface area contributed by atoms with Gasteiger partial charge in [0.15, 0.2) is 0 Å². The molecular formula is CH9CrNO. The van der Waals surface area contributed by atoms with Gasteiger partial charge in [0.2, 0.25) is 0 Å². The summed E-state index contributed by atoms with van der Waals surface area (Å²) < 4.78 is 0. The van der Waals surface area contributed by atoms with Crippen molar-refractivity contribution in [3.05, 3.63) is 0 Å². The van der Waals surface area contributed by atoms with Crippen LogP contribution >= 0.6 is 0 Å². The number of hydrogen-bond acceptors (Lipinski definition) is 1. The summed E-state index contributed by atoms with van der Waals surface area (Å²) in [7, 11) is 0. The molecule has 0 saturated carbocycles. The molecule has 0 amide bonds. The van der Waals surface area contributed by atoms with E-state index < -0.39 is 0 Å². The first kappa shape index (κ1) is 259. The van der Waals surface area contributed by atoms with E-state index in [0.717, 1.165) is 0 Å². The van der Waals surface area contributed by atoms with Gasteiger partial charge in [0.25, 0.3) is 0 Å². The number of rotatable bonds is 0. The minimum Gasteiger partial charge on any atom is -0.412 e. The first-order chi connectivity index (χ1) is 0. The molecule has 0 aliphatic heterocycles. The molecule has 5 N–H and O–H groups in total. The monoisotopic (exact) mass is 103 g/mol. The van der Waals surface area contributed by atoms with Crippen molar-refractivity contribution in [3.63, 3.8) is 0 Å². The van der Waals surface area contributed by atoms with Crippen LogP contribution in [0.1, 0.15) is 7.43 Å². The Bertz CT molecular complexity index is 8.00. The Morgan fingerprint density at radius 3 is 1.00 bits per heavy atom. The molecule has 0 bridgehead atoms. The molecule has 0 aliphatic rings. The molecule has 0 aliphatic carbocycles. The van der Waals surface area contributed by atoms with Crippen LogP contribution in [-0.2, 0) is 17.4 Å². The fourth-order valence-electron chi connectivity index (χ4n) is 0. The maximum Gasteiger partial charge on any atom is 0 e. The van der Waals surface area contributed by atoms with Crippen LogP contribution in [-0.4, -0.2) is 5.48 Å². The molecule has 0 aromatic carbocycles. The van der Waals surface area contributed by atoms with Crippen LogP contribution in [0.25, 0.3) is 0 Å². The zero-order valence-corrected chi connectivity index (χ0v) is 2.89. The summed E-state index contributed by atoms with van der Waals surface area (Å²) in [6, 6.07) is 0. The first-order valence-electron chi connectivity index (χ1n) is 0. The third kappa shape index (κ3) is 25.3. The molecule has 0 aromatic rings. The van der Waals surface area contributed by atoms with Crippen molar-refractivity contribution in [2.45, 2.75) is 7.43 Å². The second kappa shape index (κ2) is 101. The Morgan fingerprint density at radius 1 is 1.00 bits per heavy atom. The van der Waals surface area contributed by atoms with E-state index in [0.29, 0.717) is 0 Å². The van der Waals surface area contributed by atoms with Crippen molar-refractivity contribution in [1.82, 2.24) is 6.15 Å². The Hall–Kier alpha value is 0.452. The standard InChI is InChI=1S/CH4.Cr.H3N.H2O/h1H4;;1H3;1H2. The van der Waals surface area contributed by atoms with Crippen LogP contribution in [0.3, 0.4) is 0 Å². The van der Waals surface area contributed by atoms with Crippen molar-refractivity contribution in [2.75, 3.05) is 0 Å². The van der Waals surface area contributed by atoms with E-state index in [-0.39, 0.29) is 36.4 Å². The van der Waals surface area contributed by atoms with Crippen LogP contribution in [0.2, 0.25) is 0 Å². The second-order valence-corrected chi connectivity index (χ2v) is 0. The van der Waals surface area contributed by atoms with Crippen LogP contribution < -0.4 is 6.15 Å². The predicted octanol–water partition coefficient (Wildman–Crippen LogP) is -0.0291. The fourth-order valence-corrected chi connectivity index (χ4v) is 0. The molecule has 0 unspecified atom stereocenters. The third-order valence-corrected chi connectivity index (χ3v) is 0. The van der Waals surface area contributed by atoms with E-state index in [1.807, 2.05) is 0 Å². The Kier molecular flexibility index (Phi) is 6570. The molecule has 0 radical (unpaired) electrons. The van der Waals surface area contributed by atoms with Gasteiger partial charge in [0, 0.05) is 17.4 Å². The Balaban J connectivity index is 0.